The van der Waals surface area contributed by atoms with Crippen LogP contribution in [0.2, 0.25) is 0 Å². The van der Waals surface area contributed by atoms with Gasteiger partial charge in [0.25, 0.3) is 0 Å². The van der Waals surface area contributed by atoms with Crippen LogP contribution in [0.15, 0.2) is 0 Å². The second kappa shape index (κ2) is 5.85. The quantitative estimate of drug-likeness (QED) is 0.503. The number of quaternary nitrogens is 1. The van der Waals surface area contributed by atoms with Crippen LogP contribution >= 0.6 is 0 Å². The van der Waals surface area contributed by atoms with Gasteiger partial charge in [0.1, 0.15) is 0 Å². The van der Waals surface area contributed by atoms with Crippen molar-refractivity contribution in [3.05, 3.63) is 0 Å². The van der Waals surface area contributed by atoms with E-state index in [0.29, 0.717) is 0 Å². The van der Waals surface area contributed by atoms with E-state index in [0.717, 1.165) is 12.0 Å². The summed E-state index contributed by atoms with van der Waals surface area (Å²) in [6.45, 7) is 9.25. The Balaban J connectivity index is 0.00000112. The molecule has 15 heavy (non-hydrogen) atoms. The Bertz CT molecular complexity index is 187. The fraction of sp³-hybridized carbons (Fsp3) is 1.00. The van der Waals surface area contributed by atoms with Crippen molar-refractivity contribution >= 4 is 0 Å². The lowest BCUT2D eigenvalue weighted by Gasteiger charge is -2.45. The van der Waals surface area contributed by atoms with Crippen LogP contribution < -0.4 is 24.0 Å². The zero-order chi connectivity index (χ0) is 10.0. The summed E-state index contributed by atoms with van der Waals surface area (Å²) in [6, 6.07) is 1.01. The molecule has 2 fully saturated rings. The largest absolute Gasteiger partial charge is 1.00 e. The molecule has 0 aromatic rings. The minimum absolute atomic E-state index is 0. The third kappa shape index (κ3) is 2.68. The molecule has 0 amide bonds. The highest BCUT2D eigenvalue weighted by Crippen LogP contribution is 2.35. The van der Waals surface area contributed by atoms with Crippen LogP contribution in [-0.2, 0) is 0 Å². The third-order valence-electron chi connectivity index (χ3n) is 4.86. The highest BCUT2D eigenvalue weighted by molar-refractivity contribution is 4.75. The Morgan fingerprint density at radius 2 is 1.60 bits per heavy atom. The fourth-order valence-corrected chi connectivity index (χ4v) is 3.96. The maximum absolute atomic E-state index is 2.50. The Morgan fingerprint density at radius 1 is 1.00 bits per heavy atom. The molecule has 2 rings (SSSR count). The van der Waals surface area contributed by atoms with Crippen molar-refractivity contribution in [1.82, 2.24) is 0 Å². The lowest BCUT2D eigenvalue weighted by Crippen LogP contribution is -3.00. The second-order valence-electron chi connectivity index (χ2n) is 5.52. The minimum atomic E-state index is 0. The summed E-state index contributed by atoms with van der Waals surface area (Å²) in [6.07, 6.45) is 8.95. The molecule has 0 bridgehead atoms. The highest BCUT2D eigenvalue weighted by Gasteiger charge is 2.41. The van der Waals surface area contributed by atoms with Gasteiger partial charge in [-0.05, 0) is 26.2 Å². The first-order valence-corrected chi connectivity index (χ1v) is 6.64. The first-order chi connectivity index (χ1) is 6.78. The summed E-state index contributed by atoms with van der Waals surface area (Å²) < 4.78 is 1.47. The first kappa shape index (κ1) is 13.8. The van der Waals surface area contributed by atoms with Crippen molar-refractivity contribution in [2.75, 3.05) is 19.6 Å². The van der Waals surface area contributed by atoms with Crippen LogP contribution in [0.25, 0.3) is 0 Å². The topological polar surface area (TPSA) is 0 Å². The Morgan fingerprint density at radius 3 is 2.13 bits per heavy atom. The van der Waals surface area contributed by atoms with E-state index in [-0.39, 0.29) is 24.0 Å². The molecule has 0 aromatic heterocycles. The Hall–Kier alpha value is 0.690. The van der Waals surface area contributed by atoms with Gasteiger partial charge in [0, 0.05) is 18.8 Å². The molecule has 2 aliphatic rings. The third-order valence-corrected chi connectivity index (χ3v) is 4.86. The maximum atomic E-state index is 2.50. The van der Waals surface area contributed by atoms with Gasteiger partial charge in [0.15, 0.2) is 0 Å². The fourth-order valence-electron chi connectivity index (χ4n) is 3.96. The van der Waals surface area contributed by atoms with Crippen molar-refractivity contribution in [3.63, 3.8) is 0 Å². The SMILES string of the molecule is CC[N+]1(C2CCCCC2C)CCCC1.[I-]. The van der Waals surface area contributed by atoms with E-state index in [1.165, 1.54) is 62.6 Å². The molecule has 0 aromatic carbocycles. The average Bonchev–Trinajstić information content (AvgIpc) is 2.68. The zero-order valence-corrected chi connectivity index (χ0v) is 12.5. The minimum Gasteiger partial charge on any atom is -1.00 e. The van der Waals surface area contributed by atoms with Crippen molar-refractivity contribution in [2.45, 2.75) is 58.4 Å². The van der Waals surface area contributed by atoms with Crippen LogP contribution in [-0.4, -0.2) is 30.2 Å². The van der Waals surface area contributed by atoms with E-state index in [2.05, 4.69) is 13.8 Å². The summed E-state index contributed by atoms with van der Waals surface area (Å²) in [5.74, 6) is 0.988. The monoisotopic (exact) mass is 323 g/mol. The van der Waals surface area contributed by atoms with Crippen molar-refractivity contribution in [1.29, 1.82) is 0 Å². The lowest BCUT2D eigenvalue weighted by atomic mass is 9.83. The summed E-state index contributed by atoms with van der Waals surface area (Å²) >= 11 is 0. The van der Waals surface area contributed by atoms with E-state index >= 15 is 0 Å². The molecule has 2 atom stereocenters. The molecular formula is C13H26IN. The summed E-state index contributed by atoms with van der Waals surface area (Å²) in [7, 11) is 0. The molecule has 0 N–H and O–H groups in total. The predicted molar refractivity (Wildman–Crippen MR) is 61.2 cm³/mol. The summed E-state index contributed by atoms with van der Waals surface area (Å²) in [5.41, 5.74) is 0. The van der Waals surface area contributed by atoms with Gasteiger partial charge in [-0.2, -0.15) is 0 Å². The van der Waals surface area contributed by atoms with Gasteiger partial charge in [0.2, 0.25) is 0 Å². The number of halogens is 1. The van der Waals surface area contributed by atoms with Crippen LogP contribution in [0.1, 0.15) is 52.4 Å². The molecule has 0 spiro atoms. The van der Waals surface area contributed by atoms with Gasteiger partial charge < -0.3 is 28.5 Å². The lowest BCUT2D eigenvalue weighted by molar-refractivity contribution is -0.943. The van der Waals surface area contributed by atoms with E-state index < -0.39 is 0 Å². The van der Waals surface area contributed by atoms with Gasteiger partial charge in [-0.15, -0.1) is 0 Å². The molecule has 90 valence electrons. The maximum Gasteiger partial charge on any atom is 0.0916 e. The molecule has 0 radical (unpaired) electrons. The molecule has 1 aliphatic heterocycles. The Kier molecular flexibility index (Phi) is 5.37. The molecule has 1 saturated heterocycles. The predicted octanol–water partition coefficient (Wildman–Crippen LogP) is 0.200. The number of hydrogen-bond acceptors (Lipinski definition) is 0. The number of hydrogen-bond donors (Lipinski definition) is 0. The molecule has 2 unspecified atom stereocenters. The molecule has 2 heteroatoms. The zero-order valence-electron chi connectivity index (χ0n) is 10.3. The first-order valence-electron chi connectivity index (χ1n) is 6.64. The molecular weight excluding hydrogens is 297 g/mol. The highest BCUT2D eigenvalue weighted by atomic mass is 127. The van der Waals surface area contributed by atoms with E-state index in [9.17, 15) is 0 Å². The van der Waals surface area contributed by atoms with Crippen molar-refractivity contribution in [2.24, 2.45) is 5.92 Å². The van der Waals surface area contributed by atoms with E-state index in [4.69, 9.17) is 0 Å². The molecule has 1 heterocycles. The van der Waals surface area contributed by atoms with Crippen molar-refractivity contribution in [3.8, 4) is 0 Å². The van der Waals surface area contributed by atoms with Crippen LogP contribution in [0.3, 0.4) is 0 Å². The van der Waals surface area contributed by atoms with Crippen molar-refractivity contribution < 1.29 is 28.5 Å². The van der Waals surface area contributed by atoms with E-state index in [1.807, 2.05) is 0 Å². The Labute approximate surface area is 112 Å². The van der Waals surface area contributed by atoms with Gasteiger partial charge in [-0.1, -0.05) is 13.3 Å². The normalized spacial score (nSPS) is 34.8. The number of rotatable bonds is 2. The van der Waals surface area contributed by atoms with Crippen LogP contribution in [0.5, 0.6) is 0 Å². The molecule has 1 nitrogen and oxygen atoms in total. The standard InChI is InChI=1S/C13H26N.HI/c1-3-14(10-6-7-11-14)13-9-5-4-8-12(13)2;/h12-13H,3-11H2,1-2H3;1H/q+1;/p-1. The van der Waals surface area contributed by atoms with Crippen LogP contribution in [0, 0.1) is 5.92 Å². The van der Waals surface area contributed by atoms with Gasteiger partial charge in [0.05, 0.1) is 25.7 Å². The number of likely N-dealkylation sites (tertiary alicyclic amines) is 1. The van der Waals surface area contributed by atoms with Gasteiger partial charge in [-0.3, -0.25) is 0 Å². The summed E-state index contributed by atoms with van der Waals surface area (Å²) in [5, 5.41) is 0. The van der Waals surface area contributed by atoms with Gasteiger partial charge in [-0.25, -0.2) is 0 Å². The van der Waals surface area contributed by atoms with E-state index in [1.54, 1.807) is 0 Å². The van der Waals surface area contributed by atoms with Crippen LogP contribution in [0.4, 0.5) is 0 Å². The summed E-state index contributed by atoms with van der Waals surface area (Å²) in [4.78, 5) is 0. The average molecular weight is 323 g/mol. The second-order valence-corrected chi connectivity index (χ2v) is 5.52. The smallest absolute Gasteiger partial charge is 0.0916 e. The van der Waals surface area contributed by atoms with Gasteiger partial charge >= 0.3 is 0 Å². The number of nitrogens with zero attached hydrogens (tertiary/aromatic N) is 1. The molecule has 1 saturated carbocycles. The molecule has 1 aliphatic carbocycles.